The molecule has 0 saturated carbocycles. The Kier molecular flexibility index (Phi) is 5.85. The number of carbonyl (C=O) groups excluding carboxylic acids is 2. The van der Waals surface area contributed by atoms with Crippen molar-refractivity contribution in [2.24, 2.45) is 0 Å². The lowest BCUT2D eigenvalue weighted by atomic mass is 10.3. The molecule has 5 nitrogen and oxygen atoms in total. The highest BCUT2D eigenvalue weighted by atomic mass is 32.2. The van der Waals surface area contributed by atoms with Crippen molar-refractivity contribution in [2.75, 3.05) is 28.0 Å². The van der Waals surface area contributed by atoms with Crippen LogP contribution in [0, 0.1) is 0 Å². The van der Waals surface area contributed by atoms with Crippen LogP contribution in [0.25, 0.3) is 0 Å². The van der Waals surface area contributed by atoms with Gasteiger partial charge >= 0.3 is 6.03 Å². The van der Waals surface area contributed by atoms with Gasteiger partial charge in [0.05, 0.1) is 5.75 Å². The standard InChI is InChI=1S/C16H17N3O2S/c1-22-11-15(20)17-13-7-9-14(10-8-13)19-16(21)18-12-5-3-2-4-6-12/h2-10H,11H2,1H3,(H,17,20)(H2,18,19,21). The van der Waals surface area contributed by atoms with Crippen molar-refractivity contribution in [2.45, 2.75) is 0 Å². The Morgan fingerprint density at radius 1 is 0.818 bits per heavy atom. The normalized spacial score (nSPS) is 9.86. The maximum Gasteiger partial charge on any atom is 0.323 e. The Hall–Kier alpha value is -2.47. The second kappa shape index (κ2) is 8.09. The van der Waals surface area contributed by atoms with Crippen LogP contribution in [0.4, 0.5) is 21.9 Å². The lowest BCUT2D eigenvalue weighted by Gasteiger charge is -2.09. The first kappa shape index (κ1) is 15.9. The summed E-state index contributed by atoms with van der Waals surface area (Å²) in [6.45, 7) is 0. The van der Waals surface area contributed by atoms with Crippen LogP contribution in [0.5, 0.6) is 0 Å². The molecule has 2 aromatic rings. The predicted molar refractivity (Wildman–Crippen MR) is 92.5 cm³/mol. The average Bonchev–Trinajstić information content (AvgIpc) is 2.50. The Balaban J connectivity index is 1.88. The first-order chi connectivity index (χ1) is 10.7. The lowest BCUT2D eigenvalue weighted by molar-refractivity contribution is -0.113. The van der Waals surface area contributed by atoms with E-state index in [0.717, 1.165) is 5.69 Å². The molecule has 22 heavy (non-hydrogen) atoms. The van der Waals surface area contributed by atoms with Crippen molar-refractivity contribution < 1.29 is 9.59 Å². The van der Waals surface area contributed by atoms with Crippen LogP contribution in [-0.4, -0.2) is 23.9 Å². The summed E-state index contributed by atoms with van der Waals surface area (Å²) >= 11 is 1.46. The number of hydrogen-bond acceptors (Lipinski definition) is 3. The molecule has 3 N–H and O–H groups in total. The molecule has 0 aliphatic rings. The molecule has 0 saturated heterocycles. The van der Waals surface area contributed by atoms with Crippen molar-refractivity contribution in [3.8, 4) is 0 Å². The molecule has 2 rings (SSSR count). The van der Waals surface area contributed by atoms with E-state index in [9.17, 15) is 9.59 Å². The summed E-state index contributed by atoms with van der Waals surface area (Å²) in [6.07, 6.45) is 1.87. The second-order valence-electron chi connectivity index (χ2n) is 4.50. The number of benzene rings is 2. The molecule has 114 valence electrons. The number of para-hydroxylation sites is 1. The van der Waals surface area contributed by atoms with Crippen LogP contribution in [0.2, 0.25) is 0 Å². The average molecular weight is 315 g/mol. The van der Waals surface area contributed by atoms with Crippen molar-refractivity contribution in [3.05, 3.63) is 54.6 Å². The van der Waals surface area contributed by atoms with Crippen molar-refractivity contribution in [3.63, 3.8) is 0 Å². The zero-order valence-corrected chi connectivity index (χ0v) is 12.9. The van der Waals surface area contributed by atoms with Gasteiger partial charge in [-0.15, -0.1) is 0 Å². The third-order valence-corrected chi connectivity index (χ3v) is 3.28. The van der Waals surface area contributed by atoms with Crippen LogP contribution in [-0.2, 0) is 4.79 Å². The number of rotatable bonds is 5. The number of amides is 3. The summed E-state index contributed by atoms with van der Waals surface area (Å²) in [7, 11) is 0. The van der Waals surface area contributed by atoms with E-state index in [4.69, 9.17) is 0 Å². The number of urea groups is 1. The first-order valence-corrected chi connectivity index (χ1v) is 8.08. The summed E-state index contributed by atoms with van der Waals surface area (Å²) in [6, 6.07) is 15.8. The third-order valence-electron chi connectivity index (χ3n) is 2.73. The van der Waals surface area contributed by atoms with Gasteiger partial charge in [0, 0.05) is 17.1 Å². The second-order valence-corrected chi connectivity index (χ2v) is 5.37. The molecule has 0 aliphatic carbocycles. The Labute approximate surface area is 133 Å². The van der Waals surface area contributed by atoms with Gasteiger partial charge in [-0.05, 0) is 42.7 Å². The van der Waals surface area contributed by atoms with E-state index in [1.165, 1.54) is 11.8 Å². The van der Waals surface area contributed by atoms with Gasteiger partial charge in [0.25, 0.3) is 0 Å². The van der Waals surface area contributed by atoms with E-state index in [0.29, 0.717) is 17.1 Å². The van der Waals surface area contributed by atoms with Gasteiger partial charge in [-0.1, -0.05) is 18.2 Å². The molecule has 0 bridgehead atoms. The van der Waals surface area contributed by atoms with Crippen molar-refractivity contribution in [1.82, 2.24) is 0 Å². The molecule has 3 amide bonds. The lowest BCUT2D eigenvalue weighted by Crippen LogP contribution is -2.19. The van der Waals surface area contributed by atoms with Gasteiger partial charge in [-0.2, -0.15) is 11.8 Å². The van der Waals surface area contributed by atoms with E-state index < -0.39 is 0 Å². The maximum absolute atomic E-state index is 11.8. The van der Waals surface area contributed by atoms with E-state index in [2.05, 4.69) is 16.0 Å². The van der Waals surface area contributed by atoms with Crippen LogP contribution in [0.1, 0.15) is 0 Å². The molecule has 0 atom stereocenters. The topological polar surface area (TPSA) is 70.2 Å². The van der Waals surface area contributed by atoms with E-state index in [1.54, 1.807) is 24.3 Å². The van der Waals surface area contributed by atoms with Gasteiger partial charge in [-0.3, -0.25) is 4.79 Å². The molecule has 0 aromatic heterocycles. The predicted octanol–water partition coefficient (Wildman–Crippen LogP) is 3.63. The van der Waals surface area contributed by atoms with Gasteiger partial charge in [0.15, 0.2) is 0 Å². The number of thioether (sulfide) groups is 1. The van der Waals surface area contributed by atoms with Gasteiger partial charge < -0.3 is 16.0 Å². The number of anilines is 3. The first-order valence-electron chi connectivity index (χ1n) is 6.69. The molecule has 0 fully saturated rings. The highest BCUT2D eigenvalue weighted by Gasteiger charge is 2.04. The maximum atomic E-state index is 11.8. The quantitative estimate of drug-likeness (QED) is 0.789. The van der Waals surface area contributed by atoms with E-state index in [-0.39, 0.29) is 11.9 Å². The number of hydrogen-bond donors (Lipinski definition) is 3. The minimum Gasteiger partial charge on any atom is -0.325 e. The number of nitrogens with one attached hydrogen (secondary N) is 3. The minimum absolute atomic E-state index is 0.0463. The fraction of sp³-hybridized carbons (Fsp3) is 0.125. The summed E-state index contributed by atoms with van der Waals surface area (Å²) in [5, 5.41) is 8.24. The monoisotopic (exact) mass is 315 g/mol. The van der Waals surface area contributed by atoms with Gasteiger partial charge in [0.2, 0.25) is 5.91 Å². The largest absolute Gasteiger partial charge is 0.325 e. The molecular weight excluding hydrogens is 298 g/mol. The Morgan fingerprint density at radius 2 is 1.32 bits per heavy atom. The minimum atomic E-state index is -0.314. The summed E-state index contributed by atoms with van der Waals surface area (Å²) in [5.41, 5.74) is 2.07. The Morgan fingerprint density at radius 3 is 1.86 bits per heavy atom. The summed E-state index contributed by atoms with van der Waals surface area (Å²) < 4.78 is 0. The summed E-state index contributed by atoms with van der Waals surface area (Å²) in [5.74, 6) is 0.370. The van der Waals surface area contributed by atoms with E-state index in [1.807, 2.05) is 36.6 Å². The molecule has 0 spiro atoms. The third kappa shape index (κ3) is 5.14. The van der Waals surface area contributed by atoms with Crippen LogP contribution < -0.4 is 16.0 Å². The summed E-state index contributed by atoms with van der Waals surface area (Å²) in [4.78, 5) is 23.3. The zero-order valence-electron chi connectivity index (χ0n) is 12.1. The fourth-order valence-corrected chi connectivity index (χ4v) is 2.11. The highest BCUT2D eigenvalue weighted by molar-refractivity contribution is 7.99. The Bertz CT molecular complexity index is 630. The molecule has 6 heteroatoms. The molecule has 0 radical (unpaired) electrons. The smallest absolute Gasteiger partial charge is 0.323 e. The van der Waals surface area contributed by atoms with E-state index >= 15 is 0 Å². The molecule has 0 heterocycles. The zero-order chi connectivity index (χ0) is 15.8. The van der Waals surface area contributed by atoms with Crippen LogP contribution in [0.15, 0.2) is 54.6 Å². The van der Waals surface area contributed by atoms with Gasteiger partial charge in [-0.25, -0.2) is 4.79 Å². The molecule has 2 aromatic carbocycles. The van der Waals surface area contributed by atoms with Crippen molar-refractivity contribution >= 4 is 40.8 Å². The molecule has 0 aliphatic heterocycles. The highest BCUT2D eigenvalue weighted by Crippen LogP contribution is 2.14. The van der Waals surface area contributed by atoms with Gasteiger partial charge in [0.1, 0.15) is 0 Å². The molecular formula is C16H17N3O2S. The SMILES string of the molecule is CSCC(=O)Nc1ccc(NC(=O)Nc2ccccc2)cc1. The fourth-order valence-electron chi connectivity index (χ4n) is 1.78. The van der Waals surface area contributed by atoms with Crippen molar-refractivity contribution in [1.29, 1.82) is 0 Å². The number of carbonyl (C=O) groups is 2. The van der Waals surface area contributed by atoms with Crippen LogP contribution >= 0.6 is 11.8 Å². The van der Waals surface area contributed by atoms with Crippen LogP contribution in [0.3, 0.4) is 0 Å². The molecule has 0 unspecified atom stereocenters.